The maximum Gasteiger partial charge on any atom is 0.0710 e. The van der Waals surface area contributed by atoms with Gasteiger partial charge in [-0.3, -0.25) is 4.90 Å². The first kappa shape index (κ1) is 15.9. The normalized spacial score (nSPS) is 26.5. The van der Waals surface area contributed by atoms with Crippen molar-refractivity contribution in [1.82, 2.24) is 4.90 Å². The summed E-state index contributed by atoms with van der Waals surface area (Å²) in [5.41, 5.74) is 6.17. The van der Waals surface area contributed by atoms with Crippen LogP contribution in [0, 0.1) is 0 Å². The smallest absolute Gasteiger partial charge is 0.0710 e. The number of hydrogen-bond acceptors (Lipinski definition) is 3. The molecule has 0 spiro atoms. The molecule has 0 aromatic carbocycles. The zero-order valence-corrected chi connectivity index (χ0v) is 13.0. The van der Waals surface area contributed by atoms with Crippen molar-refractivity contribution in [3.8, 4) is 0 Å². The molecule has 2 unspecified atom stereocenters. The molecule has 0 aromatic rings. The van der Waals surface area contributed by atoms with Crippen molar-refractivity contribution in [2.45, 2.75) is 77.5 Å². The minimum absolute atomic E-state index is 0.0634. The minimum atomic E-state index is 0.0634. The highest BCUT2D eigenvalue weighted by Crippen LogP contribution is 2.31. The predicted octanol–water partition coefficient (Wildman–Crippen LogP) is 2.78. The number of ether oxygens (including phenoxy) is 1. The van der Waals surface area contributed by atoms with Gasteiger partial charge in [0, 0.05) is 18.6 Å². The molecular weight excluding hydrogens is 224 g/mol. The number of nitrogens with zero attached hydrogens (tertiary/aromatic N) is 1. The van der Waals surface area contributed by atoms with E-state index < -0.39 is 0 Å². The van der Waals surface area contributed by atoms with Crippen molar-refractivity contribution >= 4 is 0 Å². The minimum Gasteiger partial charge on any atom is -0.371 e. The summed E-state index contributed by atoms with van der Waals surface area (Å²) in [5, 5.41) is 0. The van der Waals surface area contributed by atoms with Gasteiger partial charge in [0.2, 0.25) is 0 Å². The van der Waals surface area contributed by atoms with Crippen LogP contribution in [0.4, 0.5) is 0 Å². The van der Waals surface area contributed by atoms with E-state index >= 15 is 0 Å². The molecule has 1 aliphatic rings. The van der Waals surface area contributed by atoms with Crippen molar-refractivity contribution < 1.29 is 4.74 Å². The van der Waals surface area contributed by atoms with Gasteiger partial charge in [0.05, 0.1) is 11.7 Å². The molecule has 0 aromatic heterocycles. The Morgan fingerprint density at radius 1 is 1.39 bits per heavy atom. The highest BCUT2D eigenvalue weighted by Gasteiger charge is 2.36. The van der Waals surface area contributed by atoms with E-state index in [1.807, 2.05) is 0 Å². The molecule has 0 radical (unpaired) electrons. The van der Waals surface area contributed by atoms with Crippen LogP contribution >= 0.6 is 0 Å². The fourth-order valence-electron chi connectivity index (χ4n) is 2.80. The standard InChI is InChI=1S/C15H32N2O/c1-6-10-17(15(5,7-2)12-16)11-13-8-9-14(3,4)18-13/h13H,6-12,16H2,1-5H3. The third-order valence-corrected chi connectivity index (χ3v) is 4.44. The highest BCUT2D eigenvalue weighted by atomic mass is 16.5. The van der Waals surface area contributed by atoms with Crippen LogP contribution in [-0.4, -0.2) is 41.8 Å². The van der Waals surface area contributed by atoms with Crippen LogP contribution in [-0.2, 0) is 4.74 Å². The van der Waals surface area contributed by atoms with E-state index in [0.717, 1.165) is 26.1 Å². The molecule has 1 heterocycles. The largest absolute Gasteiger partial charge is 0.371 e. The summed E-state index contributed by atoms with van der Waals surface area (Å²) in [4.78, 5) is 2.54. The maximum absolute atomic E-state index is 6.13. The summed E-state index contributed by atoms with van der Waals surface area (Å²) in [7, 11) is 0. The molecule has 2 N–H and O–H groups in total. The van der Waals surface area contributed by atoms with Gasteiger partial charge in [-0.05, 0) is 53.0 Å². The second kappa shape index (κ2) is 6.36. The van der Waals surface area contributed by atoms with Crippen LogP contribution < -0.4 is 5.73 Å². The van der Waals surface area contributed by atoms with Gasteiger partial charge in [-0.1, -0.05) is 13.8 Å². The van der Waals surface area contributed by atoms with E-state index in [1.54, 1.807) is 0 Å². The number of rotatable bonds is 7. The van der Waals surface area contributed by atoms with Gasteiger partial charge in [-0.2, -0.15) is 0 Å². The van der Waals surface area contributed by atoms with Crippen LogP contribution in [0.2, 0.25) is 0 Å². The molecule has 3 nitrogen and oxygen atoms in total. The summed E-state index contributed by atoms with van der Waals surface area (Å²) >= 11 is 0. The summed E-state index contributed by atoms with van der Waals surface area (Å²) in [6, 6.07) is 0. The second-order valence-corrected chi connectivity index (χ2v) is 6.54. The number of hydrogen-bond donors (Lipinski definition) is 1. The highest BCUT2D eigenvalue weighted by molar-refractivity contribution is 4.90. The molecule has 3 heteroatoms. The molecule has 0 saturated carbocycles. The summed E-state index contributed by atoms with van der Waals surface area (Å²) in [5.74, 6) is 0. The Hall–Kier alpha value is -0.120. The molecule has 1 rings (SSSR count). The van der Waals surface area contributed by atoms with Gasteiger partial charge in [0.25, 0.3) is 0 Å². The van der Waals surface area contributed by atoms with E-state index in [4.69, 9.17) is 10.5 Å². The molecule has 18 heavy (non-hydrogen) atoms. The summed E-state index contributed by atoms with van der Waals surface area (Å²) in [6.45, 7) is 14.0. The Morgan fingerprint density at radius 3 is 2.44 bits per heavy atom. The first-order chi connectivity index (χ1) is 8.37. The Kier molecular flexibility index (Phi) is 5.63. The monoisotopic (exact) mass is 256 g/mol. The van der Waals surface area contributed by atoms with Crippen LogP contribution in [0.15, 0.2) is 0 Å². The van der Waals surface area contributed by atoms with Gasteiger partial charge in [-0.15, -0.1) is 0 Å². The zero-order valence-electron chi connectivity index (χ0n) is 13.0. The quantitative estimate of drug-likeness (QED) is 0.761. The van der Waals surface area contributed by atoms with Crippen molar-refractivity contribution in [2.75, 3.05) is 19.6 Å². The van der Waals surface area contributed by atoms with Gasteiger partial charge in [-0.25, -0.2) is 0 Å². The fourth-order valence-corrected chi connectivity index (χ4v) is 2.80. The van der Waals surface area contributed by atoms with E-state index in [-0.39, 0.29) is 11.1 Å². The lowest BCUT2D eigenvalue weighted by atomic mass is 9.95. The second-order valence-electron chi connectivity index (χ2n) is 6.54. The summed E-state index contributed by atoms with van der Waals surface area (Å²) < 4.78 is 6.13. The van der Waals surface area contributed by atoms with Crippen LogP contribution in [0.1, 0.15) is 60.3 Å². The van der Waals surface area contributed by atoms with Crippen LogP contribution in [0.5, 0.6) is 0 Å². The van der Waals surface area contributed by atoms with Crippen LogP contribution in [0.3, 0.4) is 0 Å². The first-order valence-electron chi connectivity index (χ1n) is 7.50. The average Bonchev–Trinajstić information content (AvgIpc) is 2.67. The molecule has 0 aliphatic carbocycles. The molecule has 0 bridgehead atoms. The lowest BCUT2D eigenvalue weighted by Crippen LogP contribution is -2.54. The zero-order chi connectivity index (χ0) is 13.8. The number of nitrogens with two attached hydrogens (primary N) is 1. The Labute approximate surface area is 113 Å². The Bertz CT molecular complexity index is 249. The van der Waals surface area contributed by atoms with Gasteiger partial charge >= 0.3 is 0 Å². The van der Waals surface area contributed by atoms with Crippen molar-refractivity contribution in [1.29, 1.82) is 0 Å². The molecule has 0 amide bonds. The van der Waals surface area contributed by atoms with Crippen molar-refractivity contribution in [2.24, 2.45) is 5.73 Å². The van der Waals surface area contributed by atoms with Crippen LogP contribution in [0.25, 0.3) is 0 Å². The van der Waals surface area contributed by atoms with E-state index in [2.05, 4.69) is 39.5 Å². The van der Waals surface area contributed by atoms with Crippen molar-refractivity contribution in [3.05, 3.63) is 0 Å². The van der Waals surface area contributed by atoms with E-state index in [9.17, 15) is 0 Å². The first-order valence-corrected chi connectivity index (χ1v) is 7.50. The van der Waals surface area contributed by atoms with E-state index in [1.165, 1.54) is 19.3 Å². The lowest BCUT2D eigenvalue weighted by molar-refractivity contribution is -0.0434. The maximum atomic E-state index is 6.13. The molecule has 2 atom stereocenters. The molecule has 1 aliphatic heterocycles. The molecular formula is C15H32N2O. The van der Waals surface area contributed by atoms with Gasteiger partial charge < -0.3 is 10.5 Å². The topological polar surface area (TPSA) is 38.5 Å². The van der Waals surface area contributed by atoms with Crippen molar-refractivity contribution in [3.63, 3.8) is 0 Å². The SMILES string of the molecule is CCCN(CC1CCC(C)(C)O1)C(C)(CC)CN. The molecule has 1 saturated heterocycles. The third-order valence-electron chi connectivity index (χ3n) is 4.44. The summed E-state index contributed by atoms with van der Waals surface area (Å²) in [6.07, 6.45) is 5.00. The molecule has 108 valence electrons. The van der Waals surface area contributed by atoms with E-state index in [0.29, 0.717) is 6.10 Å². The Morgan fingerprint density at radius 2 is 2.06 bits per heavy atom. The lowest BCUT2D eigenvalue weighted by Gasteiger charge is -2.41. The predicted molar refractivity (Wildman–Crippen MR) is 77.8 cm³/mol. The van der Waals surface area contributed by atoms with Gasteiger partial charge in [0.15, 0.2) is 0 Å². The Balaban J connectivity index is 2.63. The molecule has 1 fully saturated rings. The average molecular weight is 256 g/mol. The van der Waals surface area contributed by atoms with Gasteiger partial charge in [0.1, 0.15) is 0 Å². The fraction of sp³-hybridized carbons (Fsp3) is 1.00. The third kappa shape index (κ3) is 3.94.